The van der Waals surface area contributed by atoms with Crippen LogP contribution < -0.4 is 20.1 Å². The molecule has 0 aliphatic carbocycles. The van der Waals surface area contributed by atoms with Gasteiger partial charge in [0.2, 0.25) is 0 Å². The molecule has 6 nitrogen and oxygen atoms in total. The summed E-state index contributed by atoms with van der Waals surface area (Å²) in [5.41, 5.74) is 1.74. The lowest BCUT2D eigenvalue weighted by atomic mass is 10.1. The van der Waals surface area contributed by atoms with E-state index in [0.717, 1.165) is 11.1 Å². The number of hydrogen-bond donors (Lipinski definition) is 2. The van der Waals surface area contributed by atoms with Crippen LogP contribution in [-0.4, -0.2) is 19.2 Å². The molecule has 0 radical (unpaired) electrons. The second kappa shape index (κ2) is 8.27. The molecule has 1 atom stereocenters. The lowest BCUT2D eigenvalue weighted by Gasteiger charge is -2.21. The molecule has 1 aliphatic rings. The number of urea groups is 1. The van der Waals surface area contributed by atoms with Gasteiger partial charge in [0.15, 0.2) is 11.5 Å². The number of ether oxygens (including phenoxy) is 2. The molecule has 0 saturated heterocycles. The largest absolute Gasteiger partial charge is 0.486 e. The molecular weight excluding hydrogens is 380 g/mol. The van der Waals surface area contributed by atoms with Gasteiger partial charge in [0.25, 0.3) is 0 Å². The van der Waals surface area contributed by atoms with Crippen molar-refractivity contribution >= 4 is 17.6 Å². The van der Waals surface area contributed by atoms with Crippen LogP contribution >= 0.6 is 11.6 Å². The molecule has 1 unspecified atom stereocenters. The Labute approximate surface area is 167 Å². The maximum atomic E-state index is 12.5. The van der Waals surface area contributed by atoms with Crippen molar-refractivity contribution in [2.24, 2.45) is 0 Å². The first kappa shape index (κ1) is 18.3. The monoisotopic (exact) mass is 398 g/mol. The van der Waals surface area contributed by atoms with Gasteiger partial charge in [-0.3, -0.25) is 0 Å². The highest BCUT2D eigenvalue weighted by atomic mass is 35.5. The summed E-state index contributed by atoms with van der Waals surface area (Å²) >= 11 is 6.25. The quantitative estimate of drug-likeness (QED) is 0.672. The Morgan fingerprint density at radius 2 is 1.89 bits per heavy atom. The predicted molar refractivity (Wildman–Crippen MR) is 105 cm³/mol. The zero-order valence-electron chi connectivity index (χ0n) is 15.0. The molecule has 2 amide bonds. The zero-order chi connectivity index (χ0) is 19.3. The molecule has 0 fully saturated rings. The summed E-state index contributed by atoms with van der Waals surface area (Å²) in [6, 6.07) is 16.1. The maximum Gasteiger partial charge on any atom is 0.315 e. The van der Waals surface area contributed by atoms with Crippen LogP contribution in [0.5, 0.6) is 11.5 Å². The molecule has 2 N–H and O–H groups in total. The van der Waals surface area contributed by atoms with Crippen molar-refractivity contribution in [3.05, 3.63) is 82.8 Å². The molecule has 2 aromatic carbocycles. The van der Waals surface area contributed by atoms with E-state index >= 15 is 0 Å². The van der Waals surface area contributed by atoms with Gasteiger partial charge in [-0.2, -0.15) is 0 Å². The number of carbonyl (C=O) groups is 1. The lowest BCUT2D eigenvalue weighted by molar-refractivity contribution is 0.171. The standard InChI is InChI=1S/C21H19ClN2O4/c22-16-11-14(12-18-20(16)28-10-9-27-18)13-23-21(25)24-19(17-7-4-8-26-17)15-5-2-1-3-6-15/h1-8,11-12,19H,9-10,13H2,(H2,23,24,25). The normalized spacial score (nSPS) is 13.6. The molecule has 0 saturated carbocycles. The van der Waals surface area contributed by atoms with E-state index in [1.807, 2.05) is 42.5 Å². The molecule has 7 heteroatoms. The molecule has 1 aromatic heterocycles. The highest BCUT2D eigenvalue weighted by Crippen LogP contribution is 2.38. The van der Waals surface area contributed by atoms with E-state index in [4.69, 9.17) is 25.5 Å². The Bertz CT molecular complexity index is 945. The van der Waals surface area contributed by atoms with E-state index in [9.17, 15) is 4.79 Å². The second-order valence-corrected chi connectivity index (χ2v) is 6.70. The third-order valence-corrected chi connectivity index (χ3v) is 4.63. The Morgan fingerprint density at radius 3 is 2.68 bits per heavy atom. The summed E-state index contributed by atoms with van der Waals surface area (Å²) < 4.78 is 16.6. The van der Waals surface area contributed by atoms with Gasteiger partial charge in [-0.15, -0.1) is 0 Å². The molecule has 28 heavy (non-hydrogen) atoms. The van der Waals surface area contributed by atoms with Crippen LogP contribution in [0.25, 0.3) is 0 Å². The van der Waals surface area contributed by atoms with Crippen LogP contribution in [-0.2, 0) is 6.54 Å². The van der Waals surface area contributed by atoms with Gasteiger partial charge in [0.05, 0.1) is 11.3 Å². The number of fused-ring (bicyclic) bond motifs is 1. The van der Waals surface area contributed by atoms with E-state index in [0.29, 0.717) is 42.0 Å². The molecule has 2 heterocycles. The highest BCUT2D eigenvalue weighted by molar-refractivity contribution is 6.32. The summed E-state index contributed by atoms with van der Waals surface area (Å²) in [5, 5.41) is 6.26. The zero-order valence-corrected chi connectivity index (χ0v) is 15.7. The predicted octanol–water partition coefficient (Wildman–Crippen LogP) is 4.29. The minimum absolute atomic E-state index is 0.294. The van der Waals surface area contributed by atoms with Gasteiger partial charge in [-0.05, 0) is 35.4 Å². The van der Waals surface area contributed by atoms with E-state index < -0.39 is 0 Å². The van der Waals surface area contributed by atoms with Gasteiger partial charge in [0.1, 0.15) is 25.0 Å². The molecule has 3 aromatic rings. The number of amides is 2. The van der Waals surface area contributed by atoms with E-state index in [1.165, 1.54) is 0 Å². The van der Waals surface area contributed by atoms with E-state index in [2.05, 4.69) is 10.6 Å². The summed E-state index contributed by atoms with van der Waals surface area (Å²) in [5.74, 6) is 1.79. The number of hydrogen-bond acceptors (Lipinski definition) is 4. The minimum Gasteiger partial charge on any atom is -0.486 e. The smallest absolute Gasteiger partial charge is 0.315 e. The van der Waals surface area contributed by atoms with E-state index in [1.54, 1.807) is 18.4 Å². The minimum atomic E-state index is -0.389. The Balaban J connectivity index is 1.44. The summed E-state index contributed by atoms with van der Waals surface area (Å²) in [7, 11) is 0. The van der Waals surface area contributed by atoms with Crippen molar-refractivity contribution in [3.63, 3.8) is 0 Å². The SMILES string of the molecule is O=C(NCc1cc(Cl)c2c(c1)OCCO2)NC(c1ccccc1)c1ccco1. The first-order chi connectivity index (χ1) is 13.7. The average Bonchev–Trinajstić information content (AvgIpc) is 3.26. The van der Waals surface area contributed by atoms with Gasteiger partial charge in [-0.25, -0.2) is 4.79 Å². The van der Waals surface area contributed by atoms with Crippen LogP contribution in [0.15, 0.2) is 65.3 Å². The fourth-order valence-corrected chi connectivity index (χ4v) is 3.34. The number of rotatable bonds is 5. The van der Waals surface area contributed by atoms with E-state index in [-0.39, 0.29) is 12.1 Å². The first-order valence-electron chi connectivity index (χ1n) is 8.91. The molecular formula is C21H19ClN2O4. The molecule has 144 valence electrons. The maximum absolute atomic E-state index is 12.5. The van der Waals surface area contributed by atoms with Gasteiger partial charge in [-0.1, -0.05) is 41.9 Å². The molecule has 0 spiro atoms. The van der Waals surface area contributed by atoms with Crippen molar-refractivity contribution < 1.29 is 18.7 Å². The second-order valence-electron chi connectivity index (χ2n) is 6.29. The topological polar surface area (TPSA) is 72.7 Å². The number of halogens is 1. The van der Waals surface area contributed by atoms with Crippen LogP contribution in [0.4, 0.5) is 4.79 Å². The van der Waals surface area contributed by atoms with Gasteiger partial charge in [0, 0.05) is 6.54 Å². The average molecular weight is 399 g/mol. The van der Waals surface area contributed by atoms with Crippen LogP contribution in [0.1, 0.15) is 22.9 Å². The Hall–Kier alpha value is -3.12. The van der Waals surface area contributed by atoms with Crippen molar-refractivity contribution in [3.8, 4) is 11.5 Å². The fraction of sp³-hybridized carbons (Fsp3) is 0.190. The summed E-state index contributed by atoms with van der Waals surface area (Å²) in [6.45, 7) is 1.24. The summed E-state index contributed by atoms with van der Waals surface area (Å²) in [4.78, 5) is 12.5. The molecule has 1 aliphatic heterocycles. The Kier molecular flexibility index (Phi) is 5.39. The fourth-order valence-electron chi connectivity index (χ4n) is 3.05. The van der Waals surface area contributed by atoms with Crippen LogP contribution in [0.3, 0.4) is 0 Å². The van der Waals surface area contributed by atoms with Gasteiger partial charge < -0.3 is 24.5 Å². The van der Waals surface area contributed by atoms with Gasteiger partial charge >= 0.3 is 6.03 Å². The van der Waals surface area contributed by atoms with Crippen molar-refractivity contribution in [1.82, 2.24) is 10.6 Å². The number of furan rings is 1. The summed E-state index contributed by atoms with van der Waals surface area (Å²) in [6.07, 6.45) is 1.59. The van der Waals surface area contributed by atoms with Crippen molar-refractivity contribution in [2.45, 2.75) is 12.6 Å². The lowest BCUT2D eigenvalue weighted by Crippen LogP contribution is -2.38. The van der Waals surface area contributed by atoms with Crippen LogP contribution in [0.2, 0.25) is 5.02 Å². The van der Waals surface area contributed by atoms with Crippen molar-refractivity contribution in [1.29, 1.82) is 0 Å². The van der Waals surface area contributed by atoms with Crippen LogP contribution in [0, 0.1) is 0 Å². The highest BCUT2D eigenvalue weighted by Gasteiger charge is 2.20. The third kappa shape index (κ3) is 4.07. The number of benzene rings is 2. The first-order valence-corrected chi connectivity index (χ1v) is 9.29. The molecule has 4 rings (SSSR count). The Morgan fingerprint density at radius 1 is 1.07 bits per heavy atom. The third-order valence-electron chi connectivity index (χ3n) is 4.35. The number of nitrogens with one attached hydrogen (secondary N) is 2. The molecule has 0 bridgehead atoms. The number of carbonyl (C=O) groups excluding carboxylic acids is 1. The van der Waals surface area contributed by atoms with Crippen molar-refractivity contribution in [2.75, 3.05) is 13.2 Å².